The zero-order chi connectivity index (χ0) is 17.2. The van der Waals surface area contributed by atoms with Crippen molar-refractivity contribution >= 4 is 6.03 Å². The molecule has 0 radical (unpaired) electrons. The second kappa shape index (κ2) is 6.87. The van der Waals surface area contributed by atoms with Crippen LogP contribution in [-0.2, 0) is 0 Å². The number of amides is 2. The van der Waals surface area contributed by atoms with Crippen molar-refractivity contribution in [2.75, 3.05) is 13.1 Å². The summed E-state index contributed by atoms with van der Waals surface area (Å²) < 4.78 is 13.5. The summed E-state index contributed by atoms with van der Waals surface area (Å²) in [6.45, 7) is 8.99. The van der Waals surface area contributed by atoms with E-state index in [4.69, 9.17) is 0 Å². The summed E-state index contributed by atoms with van der Waals surface area (Å²) in [5.41, 5.74) is 0.488. The van der Waals surface area contributed by atoms with Gasteiger partial charge in [-0.15, -0.1) is 0 Å². The molecule has 0 saturated carbocycles. The molecule has 1 aromatic carbocycles. The van der Waals surface area contributed by atoms with E-state index >= 15 is 0 Å². The molecule has 5 heteroatoms. The molecular weight excluding hydrogens is 295 g/mol. The van der Waals surface area contributed by atoms with Gasteiger partial charge in [0.1, 0.15) is 5.82 Å². The van der Waals surface area contributed by atoms with Gasteiger partial charge in [0.2, 0.25) is 0 Å². The number of β-amino-alcohol motifs (C(OH)–C–C–N with tert-alkyl or cyclic N) is 1. The molecule has 2 rings (SSSR count). The Balaban J connectivity index is 2.14. The van der Waals surface area contributed by atoms with Crippen LogP contribution in [0.15, 0.2) is 24.3 Å². The number of rotatable bonds is 2. The highest BCUT2D eigenvalue weighted by Crippen LogP contribution is 2.33. The Morgan fingerprint density at radius 1 is 1.43 bits per heavy atom. The van der Waals surface area contributed by atoms with Gasteiger partial charge in [0.05, 0.1) is 12.1 Å². The number of halogens is 1. The maximum Gasteiger partial charge on any atom is 0.317 e. The maximum atomic E-state index is 13.5. The summed E-state index contributed by atoms with van der Waals surface area (Å²) in [5, 5.41) is 13.0. The van der Waals surface area contributed by atoms with Crippen LogP contribution < -0.4 is 5.32 Å². The molecule has 1 aliphatic rings. The molecular formula is C18H27FN2O2. The highest BCUT2D eigenvalue weighted by Gasteiger charge is 2.32. The van der Waals surface area contributed by atoms with E-state index in [1.807, 2.05) is 33.8 Å². The monoisotopic (exact) mass is 322 g/mol. The van der Waals surface area contributed by atoms with Gasteiger partial charge in [-0.3, -0.25) is 0 Å². The van der Waals surface area contributed by atoms with Gasteiger partial charge >= 0.3 is 6.03 Å². The molecule has 2 N–H and O–H groups in total. The van der Waals surface area contributed by atoms with Crippen molar-refractivity contribution in [3.8, 4) is 0 Å². The molecule has 1 fully saturated rings. The first-order chi connectivity index (χ1) is 10.7. The number of piperidine rings is 1. The van der Waals surface area contributed by atoms with Crippen LogP contribution in [0.1, 0.15) is 45.7 Å². The topological polar surface area (TPSA) is 52.6 Å². The summed E-state index contributed by atoms with van der Waals surface area (Å²) in [6.07, 6.45) is 0.297. The smallest absolute Gasteiger partial charge is 0.317 e. The highest BCUT2D eigenvalue weighted by atomic mass is 19.1. The van der Waals surface area contributed by atoms with Crippen molar-refractivity contribution in [3.63, 3.8) is 0 Å². The number of aliphatic hydroxyl groups excluding tert-OH is 1. The quantitative estimate of drug-likeness (QED) is 0.877. The van der Waals surface area contributed by atoms with E-state index in [0.29, 0.717) is 13.1 Å². The average Bonchev–Trinajstić information content (AvgIpc) is 2.46. The third-order valence-corrected chi connectivity index (χ3v) is 4.52. The van der Waals surface area contributed by atoms with Crippen molar-refractivity contribution in [2.45, 2.75) is 46.3 Å². The minimum Gasteiger partial charge on any atom is -0.391 e. The van der Waals surface area contributed by atoms with E-state index in [-0.39, 0.29) is 29.2 Å². The molecule has 1 heterocycles. The van der Waals surface area contributed by atoms with Crippen molar-refractivity contribution in [1.82, 2.24) is 10.2 Å². The fourth-order valence-corrected chi connectivity index (χ4v) is 2.93. The van der Waals surface area contributed by atoms with E-state index in [1.165, 1.54) is 12.1 Å². The lowest BCUT2D eigenvalue weighted by Crippen LogP contribution is -2.51. The van der Waals surface area contributed by atoms with Gasteiger partial charge in [-0.1, -0.05) is 39.8 Å². The van der Waals surface area contributed by atoms with Crippen LogP contribution in [0, 0.1) is 17.2 Å². The number of hydrogen-bond acceptors (Lipinski definition) is 2. The molecule has 0 spiro atoms. The summed E-state index contributed by atoms with van der Waals surface area (Å²) in [7, 11) is 0. The molecule has 1 aromatic rings. The number of likely N-dealkylation sites (tertiary alicyclic amines) is 1. The fraction of sp³-hybridized carbons (Fsp3) is 0.611. The third kappa shape index (κ3) is 4.44. The summed E-state index contributed by atoms with van der Waals surface area (Å²) >= 11 is 0. The zero-order valence-corrected chi connectivity index (χ0v) is 14.3. The van der Waals surface area contributed by atoms with Crippen LogP contribution in [0.2, 0.25) is 0 Å². The molecule has 3 atom stereocenters. The number of nitrogens with one attached hydrogen (secondary N) is 1. The second-order valence-corrected chi connectivity index (χ2v) is 7.58. The van der Waals surface area contributed by atoms with Gasteiger partial charge < -0.3 is 15.3 Å². The number of carbonyl (C=O) groups is 1. The standard InChI is InChI=1S/C18H27FN2O2/c1-12-8-9-21(11-15(12)22)17(23)20-16(18(2,3)4)13-6-5-7-14(19)10-13/h5-7,10,12,15-16,22H,8-9,11H2,1-4H3,(H,20,23). The fourth-order valence-electron chi connectivity index (χ4n) is 2.93. The van der Waals surface area contributed by atoms with Crippen molar-refractivity contribution < 1.29 is 14.3 Å². The predicted molar refractivity (Wildman–Crippen MR) is 88.5 cm³/mol. The van der Waals surface area contributed by atoms with Gasteiger partial charge in [-0.25, -0.2) is 9.18 Å². The van der Waals surface area contributed by atoms with Gasteiger partial charge in [0, 0.05) is 13.1 Å². The summed E-state index contributed by atoms with van der Waals surface area (Å²) in [6, 6.07) is 5.83. The minimum absolute atomic E-state index is 0.208. The predicted octanol–water partition coefficient (Wildman–Crippen LogP) is 3.33. The van der Waals surface area contributed by atoms with Crippen LogP contribution >= 0.6 is 0 Å². The Morgan fingerprint density at radius 2 is 2.13 bits per heavy atom. The molecule has 23 heavy (non-hydrogen) atoms. The molecule has 0 bridgehead atoms. The van der Waals surface area contributed by atoms with E-state index in [9.17, 15) is 14.3 Å². The van der Waals surface area contributed by atoms with Crippen LogP contribution in [0.3, 0.4) is 0 Å². The van der Waals surface area contributed by atoms with Crippen molar-refractivity contribution in [3.05, 3.63) is 35.6 Å². The second-order valence-electron chi connectivity index (χ2n) is 7.58. The van der Waals surface area contributed by atoms with Crippen LogP contribution in [0.5, 0.6) is 0 Å². The Bertz CT molecular complexity index is 556. The first-order valence-electron chi connectivity index (χ1n) is 8.17. The Morgan fingerprint density at radius 3 is 2.70 bits per heavy atom. The van der Waals surface area contributed by atoms with Gasteiger partial charge in [-0.05, 0) is 35.4 Å². The van der Waals surface area contributed by atoms with Gasteiger partial charge in [-0.2, -0.15) is 0 Å². The first kappa shape index (κ1) is 17.7. The normalized spacial score (nSPS) is 23.5. The number of benzene rings is 1. The van der Waals surface area contributed by atoms with Crippen LogP contribution in [0.4, 0.5) is 9.18 Å². The molecule has 3 unspecified atom stereocenters. The minimum atomic E-state index is -0.489. The van der Waals surface area contributed by atoms with E-state index in [1.54, 1.807) is 11.0 Å². The van der Waals surface area contributed by atoms with E-state index < -0.39 is 6.10 Å². The lowest BCUT2D eigenvalue weighted by molar-refractivity contribution is 0.0419. The van der Waals surface area contributed by atoms with E-state index in [0.717, 1.165) is 12.0 Å². The molecule has 1 saturated heterocycles. The number of hydrogen-bond donors (Lipinski definition) is 2. The molecule has 2 amide bonds. The lowest BCUT2D eigenvalue weighted by atomic mass is 9.82. The third-order valence-electron chi connectivity index (χ3n) is 4.52. The average molecular weight is 322 g/mol. The van der Waals surface area contributed by atoms with E-state index in [2.05, 4.69) is 5.32 Å². The summed E-state index contributed by atoms with van der Waals surface area (Å²) in [4.78, 5) is 14.2. The van der Waals surface area contributed by atoms with Crippen molar-refractivity contribution in [1.29, 1.82) is 0 Å². The Hall–Kier alpha value is -1.62. The molecule has 128 valence electrons. The number of aliphatic hydroxyl groups is 1. The highest BCUT2D eigenvalue weighted by molar-refractivity contribution is 5.75. The van der Waals surface area contributed by atoms with Crippen molar-refractivity contribution in [2.24, 2.45) is 11.3 Å². The largest absolute Gasteiger partial charge is 0.391 e. The van der Waals surface area contributed by atoms with Crippen LogP contribution in [0.25, 0.3) is 0 Å². The Labute approximate surface area is 137 Å². The number of urea groups is 1. The molecule has 1 aliphatic heterocycles. The maximum absolute atomic E-state index is 13.5. The molecule has 4 nitrogen and oxygen atoms in total. The summed E-state index contributed by atoms with van der Waals surface area (Å²) in [5.74, 6) is -0.103. The number of carbonyl (C=O) groups excluding carboxylic acids is 1. The lowest BCUT2D eigenvalue weighted by Gasteiger charge is -2.38. The zero-order valence-electron chi connectivity index (χ0n) is 14.3. The van der Waals surface area contributed by atoms with Gasteiger partial charge in [0.15, 0.2) is 0 Å². The molecule has 0 aromatic heterocycles. The molecule has 0 aliphatic carbocycles. The van der Waals surface area contributed by atoms with Gasteiger partial charge in [0.25, 0.3) is 0 Å². The Kier molecular flexibility index (Phi) is 5.30. The number of nitrogens with zero attached hydrogens (tertiary/aromatic N) is 1. The first-order valence-corrected chi connectivity index (χ1v) is 8.17. The SMILES string of the molecule is CC1CCN(C(=O)NC(c2cccc(F)c2)C(C)(C)C)CC1O. The van der Waals surface area contributed by atoms with Crippen LogP contribution in [-0.4, -0.2) is 35.2 Å².